The minimum atomic E-state index is 0.0217. The monoisotopic (exact) mass is 352 g/mol. The second-order valence-corrected chi connectivity index (χ2v) is 6.80. The van der Waals surface area contributed by atoms with Crippen molar-refractivity contribution in [2.45, 2.75) is 32.4 Å². The van der Waals surface area contributed by atoms with Crippen LogP contribution in [0.5, 0.6) is 0 Å². The molecule has 0 aromatic heterocycles. The van der Waals surface area contributed by atoms with Crippen LogP contribution < -0.4 is 0 Å². The van der Waals surface area contributed by atoms with Gasteiger partial charge in [-0.05, 0) is 24.1 Å². The van der Waals surface area contributed by atoms with Gasteiger partial charge in [-0.3, -0.25) is 9.59 Å². The maximum Gasteiger partial charge on any atom is 0.223 e. The largest absolute Gasteiger partial charge is 0.381 e. The van der Waals surface area contributed by atoms with Crippen LogP contribution in [0.15, 0.2) is 24.3 Å². The fourth-order valence-electron chi connectivity index (χ4n) is 3.13. The standard InChI is InChI=1S/C18H25ClN2O3/c1-13(22)21-9-8-17(24-3)15(12-21)10-18(23)20(2)11-14-4-6-16(19)7-5-14/h4-7,15,17H,8-12H2,1-3H3/t15-,17-/m1/s1. The summed E-state index contributed by atoms with van der Waals surface area (Å²) in [5, 5.41) is 0.683. The number of carbonyl (C=O) groups is 2. The highest BCUT2D eigenvalue weighted by Gasteiger charge is 2.32. The van der Waals surface area contributed by atoms with Crippen LogP contribution in [-0.2, 0) is 20.9 Å². The minimum Gasteiger partial charge on any atom is -0.381 e. The Morgan fingerprint density at radius 3 is 2.58 bits per heavy atom. The number of carbonyl (C=O) groups excluding carboxylic acids is 2. The number of hydrogen-bond donors (Lipinski definition) is 0. The number of piperidine rings is 1. The molecule has 0 bridgehead atoms. The summed E-state index contributed by atoms with van der Waals surface area (Å²) in [6.07, 6.45) is 1.18. The highest BCUT2D eigenvalue weighted by Crippen LogP contribution is 2.24. The van der Waals surface area contributed by atoms with Gasteiger partial charge >= 0.3 is 0 Å². The lowest BCUT2D eigenvalue weighted by molar-refractivity contribution is -0.139. The molecule has 1 saturated heterocycles. The highest BCUT2D eigenvalue weighted by molar-refractivity contribution is 6.30. The Morgan fingerprint density at radius 2 is 2.00 bits per heavy atom. The van der Waals surface area contributed by atoms with E-state index in [1.54, 1.807) is 30.9 Å². The van der Waals surface area contributed by atoms with E-state index in [0.29, 0.717) is 31.1 Å². The number of likely N-dealkylation sites (tertiary alicyclic amines) is 1. The molecule has 132 valence electrons. The summed E-state index contributed by atoms with van der Waals surface area (Å²) in [5.41, 5.74) is 1.03. The van der Waals surface area contributed by atoms with Gasteiger partial charge in [0.1, 0.15) is 0 Å². The maximum absolute atomic E-state index is 12.6. The van der Waals surface area contributed by atoms with Crippen LogP contribution in [0, 0.1) is 5.92 Å². The van der Waals surface area contributed by atoms with Crippen LogP contribution in [0.3, 0.4) is 0 Å². The number of benzene rings is 1. The maximum atomic E-state index is 12.6. The van der Waals surface area contributed by atoms with Crippen molar-refractivity contribution in [3.05, 3.63) is 34.9 Å². The van der Waals surface area contributed by atoms with Gasteiger partial charge in [0.05, 0.1) is 6.10 Å². The molecule has 0 spiro atoms. The van der Waals surface area contributed by atoms with Gasteiger partial charge < -0.3 is 14.5 Å². The molecule has 0 aliphatic carbocycles. The zero-order chi connectivity index (χ0) is 17.7. The normalized spacial score (nSPS) is 20.8. The molecule has 2 atom stereocenters. The molecule has 1 aromatic rings. The van der Waals surface area contributed by atoms with Gasteiger partial charge in [0.2, 0.25) is 11.8 Å². The first-order chi connectivity index (χ1) is 11.4. The molecule has 1 aliphatic rings. The van der Waals surface area contributed by atoms with Crippen molar-refractivity contribution in [3.8, 4) is 0 Å². The third kappa shape index (κ3) is 4.95. The number of methoxy groups -OCH3 is 1. The average molecular weight is 353 g/mol. The predicted molar refractivity (Wildman–Crippen MR) is 93.7 cm³/mol. The van der Waals surface area contributed by atoms with Gasteiger partial charge in [-0.15, -0.1) is 0 Å². The molecule has 2 amide bonds. The molecule has 1 heterocycles. The van der Waals surface area contributed by atoms with Crippen LogP contribution in [0.1, 0.15) is 25.3 Å². The molecule has 0 unspecified atom stereocenters. The fourth-order valence-corrected chi connectivity index (χ4v) is 3.26. The first-order valence-corrected chi connectivity index (χ1v) is 8.55. The molecule has 24 heavy (non-hydrogen) atoms. The van der Waals surface area contributed by atoms with E-state index in [9.17, 15) is 9.59 Å². The van der Waals surface area contributed by atoms with E-state index in [0.717, 1.165) is 12.0 Å². The number of halogens is 1. The molecule has 2 rings (SSSR count). The SMILES string of the molecule is CO[C@@H]1CCN(C(C)=O)C[C@H]1CC(=O)N(C)Cc1ccc(Cl)cc1. The first kappa shape index (κ1) is 18.7. The summed E-state index contributed by atoms with van der Waals surface area (Å²) in [5.74, 6) is 0.145. The Morgan fingerprint density at radius 1 is 1.33 bits per heavy atom. The van der Waals surface area contributed by atoms with Crippen molar-refractivity contribution in [2.75, 3.05) is 27.2 Å². The van der Waals surface area contributed by atoms with E-state index in [4.69, 9.17) is 16.3 Å². The van der Waals surface area contributed by atoms with Crippen molar-refractivity contribution in [3.63, 3.8) is 0 Å². The number of amides is 2. The van der Waals surface area contributed by atoms with Crippen LogP contribution >= 0.6 is 11.6 Å². The smallest absolute Gasteiger partial charge is 0.223 e. The summed E-state index contributed by atoms with van der Waals surface area (Å²) < 4.78 is 5.52. The molecule has 1 aliphatic heterocycles. The lowest BCUT2D eigenvalue weighted by Crippen LogP contribution is -2.47. The van der Waals surface area contributed by atoms with E-state index in [1.165, 1.54) is 0 Å². The fraction of sp³-hybridized carbons (Fsp3) is 0.556. The zero-order valence-corrected chi connectivity index (χ0v) is 15.3. The number of ether oxygens (including phenoxy) is 1. The molecular weight excluding hydrogens is 328 g/mol. The van der Waals surface area contributed by atoms with Gasteiger partial charge in [0.15, 0.2) is 0 Å². The lowest BCUT2D eigenvalue weighted by Gasteiger charge is -2.37. The topological polar surface area (TPSA) is 49.9 Å². The van der Waals surface area contributed by atoms with Crippen molar-refractivity contribution >= 4 is 23.4 Å². The molecule has 0 radical (unpaired) electrons. The number of rotatable bonds is 5. The number of hydrogen-bond acceptors (Lipinski definition) is 3. The molecule has 5 nitrogen and oxygen atoms in total. The Kier molecular flexibility index (Phi) is 6.63. The van der Waals surface area contributed by atoms with Crippen molar-refractivity contribution in [2.24, 2.45) is 5.92 Å². The quantitative estimate of drug-likeness (QED) is 0.818. The van der Waals surface area contributed by atoms with Crippen LogP contribution in [0.2, 0.25) is 5.02 Å². The molecular formula is C18H25ClN2O3. The van der Waals surface area contributed by atoms with Gasteiger partial charge in [0.25, 0.3) is 0 Å². The van der Waals surface area contributed by atoms with Crippen molar-refractivity contribution in [1.29, 1.82) is 0 Å². The van der Waals surface area contributed by atoms with E-state index in [-0.39, 0.29) is 23.8 Å². The second-order valence-electron chi connectivity index (χ2n) is 6.37. The molecule has 0 N–H and O–H groups in total. The third-order valence-electron chi connectivity index (χ3n) is 4.61. The summed E-state index contributed by atoms with van der Waals surface area (Å²) in [7, 11) is 3.47. The Bertz CT molecular complexity index is 576. The predicted octanol–water partition coefficient (Wildman–Crippen LogP) is 2.57. The van der Waals surface area contributed by atoms with E-state index < -0.39 is 0 Å². The number of nitrogens with zero attached hydrogens (tertiary/aromatic N) is 2. The summed E-state index contributed by atoms with van der Waals surface area (Å²) >= 11 is 5.88. The van der Waals surface area contributed by atoms with Gasteiger partial charge in [-0.2, -0.15) is 0 Å². The highest BCUT2D eigenvalue weighted by atomic mass is 35.5. The van der Waals surface area contributed by atoms with Crippen molar-refractivity contribution < 1.29 is 14.3 Å². The molecule has 1 fully saturated rings. The second kappa shape index (κ2) is 8.49. The molecule has 6 heteroatoms. The Hall–Kier alpha value is -1.59. The van der Waals surface area contributed by atoms with Crippen LogP contribution in [-0.4, -0.2) is 55.0 Å². The Balaban J connectivity index is 1.95. The minimum absolute atomic E-state index is 0.0217. The van der Waals surface area contributed by atoms with Crippen molar-refractivity contribution in [1.82, 2.24) is 9.80 Å². The third-order valence-corrected chi connectivity index (χ3v) is 4.86. The van der Waals surface area contributed by atoms with Crippen LogP contribution in [0.25, 0.3) is 0 Å². The van der Waals surface area contributed by atoms with Gasteiger partial charge in [0, 0.05) is 58.1 Å². The summed E-state index contributed by atoms with van der Waals surface area (Å²) in [6.45, 7) is 3.38. The van der Waals surface area contributed by atoms with E-state index >= 15 is 0 Å². The van der Waals surface area contributed by atoms with Gasteiger partial charge in [-0.25, -0.2) is 0 Å². The Labute approximate surface area is 148 Å². The zero-order valence-electron chi connectivity index (χ0n) is 14.5. The van der Waals surface area contributed by atoms with Gasteiger partial charge in [-0.1, -0.05) is 23.7 Å². The lowest BCUT2D eigenvalue weighted by atomic mass is 9.91. The first-order valence-electron chi connectivity index (χ1n) is 8.17. The summed E-state index contributed by atoms with van der Waals surface area (Å²) in [4.78, 5) is 27.7. The molecule has 0 saturated carbocycles. The molecule has 1 aromatic carbocycles. The van der Waals surface area contributed by atoms with E-state index in [2.05, 4.69) is 0 Å². The van der Waals surface area contributed by atoms with E-state index in [1.807, 2.05) is 24.3 Å². The van der Waals surface area contributed by atoms with Crippen LogP contribution in [0.4, 0.5) is 0 Å². The average Bonchev–Trinajstić information content (AvgIpc) is 2.56. The summed E-state index contributed by atoms with van der Waals surface area (Å²) in [6, 6.07) is 7.48.